The van der Waals surface area contributed by atoms with Crippen LogP contribution in [0.15, 0.2) is 29.2 Å². The number of urea groups is 1. The van der Waals surface area contributed by atoms with Crippen molar-refractivity contribution in [1.29, 1.82) is 0 Å². The van der Waals surface area contributed by atoms with E-state index in [0.717, 1.165) is 37.8 Å². The van der Waals surface area contributed by atoms with Gasteiger partial charge in [0.05, 0.1) is 23.6 Å². The summed E-state index contributed by atoms with van der Waals surface area (Å²) in [6, 6.07) is 4.30. The minimum absolute atomic E-state index is 0.0000560. The summed E-state index contributed by atoms with van der Waals surface area (Å²) in [5, 5.41) is 15.6. The van der Waals surface area contributed by atoms with Crippen LogP contribution in [0.1, 0.15) is 51.4 Å². The van der Waals surface area contributed by atoms with Crippen LogP contribution in [0.25, 0.3) is 0 Å². The fourth-order valence-electron chi connectivity index (χ4n) is 4.20. The molecule has 4 N–H and O–H groups in total. The van der Waals surface area contributed by atoms with E-state index in [9.17, 15) is 22.7 Å². The molecule has 3 rings (SSSR count). The van der Waals surface area contributed by atoms with Crippen LogP contribution in [-0.2, 0) is 14.8 Å². The third-order valence-corrected chi connectivity index (χ3v) is 7.41. The summed E-state index contributed by atoms with van der Waals surface area (Å²) in [6.07, 6.45) is 6.40. The lowest BCUT2D eigenvalue weighted by atomic mass is 9.95. The Morgan fingerprint density at radius 2 is 1.77 bits per heavy atom. The van der Waals surface area contributed by atoms with Crippen LogP contribution < -0.4 is 15.4 Å². The summed E-state index contributed by atoms with van der Waals surface area (Å²) < 4.78 is 45.9. The van der Waals surface area contributed by atoms with Crippen LogP contribution in [0, 0.1) is 5.82 Å². The number of nitrogens with one attached hydrogen (secondary N) is 3. The smallest absolute Gasteiger partial charge is 0.315 e. The first kappa shape index (κ1) is 23.9. The SMILES string of the molecule is O=C(NC1CCCCC1)N[C@@H]1CC[C@@H](CCNS(=O)(=O)c2ccc(F)cc2)O[C@@H]1CO. The monoisotopic (exact) mass is 457 g/mol. The van der Waals surface area contributed by atoms with Crippen LogP contribution in [0.3, 0.4) is 0 Å². The van der Waals surface area contributed by atoms with Gasteiger partial charge < -0.3 is 20.5 Å². The first-order chi connectivity index (χ1) is 14.9. The number of rotatable bonds is 8. The maximum atomic E-state index is 13.0. The summed E-state index contributed by atoms with van der Waals surface area (Å²) in [7, 11) is -3.72. The average molecular weight is 458 g/mol. The van der Waals surface area contributed by atoms with E-state index in [1.165, 1.54) is 18.6 Å². The Balaban J connectivity index is 1.42. The van der Waals surface area contributed by atoms with Gasteiger partial charge >= 0.3 is 6.03 Å². The zero-order valence-electron chi connectivity index (χ0n) is 17.6. The molecule has 2 aliphatic rings. The molecule has 2 fully saturated rings. The number of aliphatic hydroxyl groups excluding tert-OH is 1. The van der Waals surface area contributed by atoms with Gasteiger partial charge in [0.25, 0.3) is 0 Å². The number of hydrogen-bond donors (Lipinski definition) is 4. The molecule has 10 heteroatoms. The second-order valence-electron chi connectivity index (χ2n) is 8.26. The van der Waals surface area contributed by atoms with E-state index in [-0.39, 0.29) is 42.3 Å². The van der Waals surface area contributed by atoms with Gasteiger partial charge in [-0.05, 0) is 56.4 Å². The van der Waals surface area contributed by atoms with Gasteiger partial charge in [0.15, 0.2) is 0 Å². The second-order valence-corrected chi connectivity index (χ2v) is 10.0. The lowest BCUT2D eigenvalue weighted by molar-refractivity contribution is -0.0887. The van der Waals surface area contributed by atoms with Crippen LogP contribution in [0.2, 0.25) is 0 Å². The van der Waals surface area contributed by atoms with Gasteiger partial charge in [-0.15, -0.1) is 0 Å². The van der Waals surface area contributed by atoms with Crippen molar-refractivity contribution in [3.63, 3.8) is 0 Å². The van der Waals surface area contributed by atoms with Crippen LogP contribution in [0.5, 0.6) is 0 Å². The topological polar surface area (TPSA) is 117 Å². The Hall–Kier alpha value is -1.75. The highest BCUT2D eigenvalue weighted by atomic mass is 32.2. The Morgan fingerprint density at radius 1 is 1.06 bits per heavy atom. The Kier molecular flexibility index (Phi) is 8.65. The number of ether oxygens (including phenoxy) is 1. The van der Waals surface area contributed by atoms with E-state index in [2.05, 4.69) is 15.4 Å². The Labute approximate surface area is 183 Å². The predicted octanol–water partition coefficient (Wildman–Crippen LogP) is 2.03. The molecule has 1 aliphatic heterocycles. The number of benzene rings is 1. The van der Waals surface area contributed by atoms with Crippen LogP contribution in [0.4, 0.5) is 9.18 Å². The molecule has 3 atom stereocenters. The van der Waals surface area contributed by atoms with E-state index >= 15 is 0 Å². The van der Waals surface area contributed by atoms with Crippen molar-refractivity contribution >= 4 is 16.1 Å². The van der Waals surface area contributed by atoms with E-state index in [1.807, 2.05) is 0 Å². The summed E-state index contributed by atoms with van der Waals surface area (Å²) in [5.74, 6) is -0.500. The van der Waals surface area contributed by atoms with Crippen molar-refractivity contribution in [2.45, 2.75) is 80.6 Å². The van der Waals surface area contributed by atoms with Crippen molar-refractivity contribution in [3.05, 3.63) is 30.1 Å². The van der Waals surface area contributed by atoms with E-state index in [1.54, 1.807) is 0 Å². The fourth-order valence-corrected chi connectivity index (χ4v) is 5.25. The normalized spacial score (nSPS) is 25.2. The molecule has 0 bridgehead atoms. The van der Waals surface area contributed by atoms with E-state index in [4.69, 9.17) is 4.74 Å². The van der Waals surface area contributed by atoms with Crippen LogP contribution in [-0.4, -0.2) is 57.0 Å². The molecule has 1 heterocycles. The molecule has 1 aromatic carbocycles. The highest BCUT2D eigenvalue weighted by Crippen LogP contribution is 2.22. The van der Waals surface area contributed by atoms with Gasteiger partial charge in [0.1, 0.15) is 11.9 Å². The largest absolute Gasteiger partial charge is 0.394 e. The molecule has 1 saturated carbocycles. The molecule has 31 heavy (non-hydrogen) atoms. The van der Waals surface area contributed by atoms with Crippen molar-refractivity contribution in [1.82, 2.24) is 15.4 Å². The lowest BCUT2D eigenvalue weighted by Crippen LogP contribution is -2.55. The Bertz CT molecular complexity index is 815. The van der Waals surface area contributed by atoms with Crippen LogP contribution >= 0.6 is 0 Å². The molecule has 8 nitrogen and oxygen atoms in total. The third-order valence-electron chi connectivity index (χ3n) is 5.93. The molecule has 1 aromatic rings. The van der Waals surface area contributed by atoms with Gasteiger partial charge in [0.2, 0.25) is 10.0 Å². The van der Waals surface area contributed by atoms with Gasteiger partial charge in [-0.1, -0.05) is 19.3 Å². The number of hydrogen-bond acceptors (Lipinski definition) is 5. The molecule has 0 aromatic heterocycles. The number of carbonyl (C=O) groups is 1. The minimum atomic E-state index is -3.72. The number of carbonyl (C=O) groups excluding carboxylic acids is 1. The van der Waals surface area contributed by atoms with Gasteiger partial charge in [-0.2, -0.15) is 0 Å². The molecular weight excluding hydrogens is 425 g/mol. The zero-order chi connectivity index (χ0) is 22.3. The van der Waals surface area contributed by atoms with Crippen molar-refractivity contribution in [2.24, 2.45) is 0 Å². The van der Waals surface area contributed by atoms with E-state index < -0.39 is 21.9 Å². The van der Waals surface area contributed by atoms with Crippen molar-refractivity contribution < 1.29 is 27.4 Å². The van der Waals surface area contributed by atoms with Gasteiger partial charge in [0, 0.05) is 12.6 Å². The van der Waals surface area contributed by atoms with Crippen molar-refractivity contribution in [3.8, 4) is 0 Å². The maximum Gasteiger partial charge on any atom is 0.315 e. The second kappa shape index (κ2) is 11.2. The molecule has 174 valence electrons. The summed E-state index contributed by atoms with van der Waals surface area (Å²) in [5.41, 5.74) is 0. The molecule has 0 unspecified atom stereocenters. The Morgan fingerprint density at radius 3 is 2.45 bits per heavy atom. The zero-order valence-corrected chi connectivity index (χ0v) is 18.4. The summed E-state index contributed by atoms with van der Waals surface area (Å²) in [6.45, 7) is -0.0744. The first-order valence-corrected chi connectivity index (χ1v) is 12.4. The van der Waals surface area contributed by atoms with Gasteiger partial charge in [-0.3, -0.25) is 0 Å². The fraction of sp³-hybridized carbons (Fsp3) is 0.667. The van der Waals surface area contributed by atoms with E-state index in [0.29, 0.717) is 19.3 Å². The number of halogens is 1. The molecule has 1 aliphatic carbocycles. The molecule has 2 amide bonds. The molecular formula is C21H32FN3O5S. The standard InChI is InChI=1S/C21H32FN3O5S/c22-15-6-9-18(10-7-15)31(28,29)23-13-12-17-8-11-19(20(14-26)30-17)25-21(27)24-16-4-2-1-3-5-16/h6-7,9-10,16-17,19-20,23,26H,1-5,8,11-14H2,(H2,24,25,27)/t17-,19+,20+/m0/s1. The minimum Gasteiger partial charge on any atom is -0.394 e. The summed E-state index contributed by atoms with van der Waals surface area (Å²) in [4.78, 5) is 12.3. The van der Waals surface area contributed by atoms with Gasteiger partial charge in [-0.25, -0.2) is 22.3 Å². The highest BCUT2D eigenvalue weighted by molar-refractivity contribution is 7.89. The molecule has 0 radical (unpaired) electrons. The third kappa shape index (κ3) is 7.13. The highest BCUT2D eigenvalue weighted by Gasteiger charge is 2.32. The molecule has 1 saturated heterocycles. The quantitative estimate of drug-likeness (QED) is 0.477. The maximum absolute atomic E-state index is 13.0. The van der Waals surface area contributed by atoms with Crippen molar-refractivity contribution in [2.75, 3.05) is 13.2 Å². The molecule has 0 spiro atoms. The lowest BCUT2D eigenvalue weighted by Gasteiger charge is -2.36. The number of amides is 2. The predicted molar refractivity (Wildman–Crippen MR) is 114 cm³/mol. The summed E-state index contributed by atoms with van der Waals surface area (Å²) >= 11 is 0. The number of sulfonamides is 1. The first-order valence-electron chi connectivity index (χ1n) is 11.0. The number of aliphatic hydroxyl groups is 1. The average Bonchev–Trinajstić information content (AvgIpc) is 2.75.